The molecule has 4 N–H and O–H groups in total. The molecule has 3 aromatic rings. The Labute approximate surface area is 249 Å². The minimum atomic E-state index is -0.337. The van der Waals surface area contributed by atoms with Gasteiger partial charge in [0.15, 0.2) is 5.82 Å². The van der Waals surface area contributed by atoms with E-state index in [0.717, 1.165) is 30.8 Å². The Morgan fingerprint density at radius 3 is 2.67 bits per heavy atom. The topological polar surface area (TPSA) is 152 Å². The third kappa shape index (κ3) is 5.57. The lowest BCUT2D eigenvalue weighted by atomic mass is 10.1. The van der Waals surface area contributed by atoms with Crippen molar-refractivity contribution in [2.75, 3.05) is 57.1 Å². The maximum atomic E-state index is 13.9. The fourth-order valence-electron chi connectivity index (χ4n) is 5.52. The smallest absolute Gasteiger partial charge is 0.260 e. The molecule has 1 fully saturated rings. The summed E-state index contributed by atoms with van der Waals surface area (Å²) >= 11 is 6.54. The highest BCUT2D eigenvalue weighted by Gasteiger charge is 2.38. The number of fused-ring (bicyclic) bond motifs is 1. The number of amides is 2. The number of ether oxygens (including phenoxy) is 2. The number of hydrogen-bond donors (Lipinski definition) is 3. The Morgan fingerprint density at radius 2 is 1.95 bits per heavy atom. The van der Waals surface area contributed by atoms with Gasteiger partial charge in [-0.25, -0.2) is 4.98 Å². The van der Waals surface area contributed by atoms with Gasteiger partial charge in [-0.2, -0.15) is 4.98 Å². The summed E-state index contributed by atoms with van der Waals surface area (Å²) in [6.07, 6.45) is 3.40. The standard InChI is InChI=1S/C29H35ClN8O4/c1-15-13-33-21(17(3)24(15)41-5)14-38-26-23(25(30)35-29(31)36-26)19(28(38)40)12-20-16(2)22(18(4)34-20)27(39)32-6-7-37-8-10-42-11-9-37/h12-13,34H,6-11,14H2,1-5H3,(H,32,39)(H2,31,35,36)/b19-12+. The molecule has 0 aliphatic carbocycles. The molecule has 2 aliphatic heterocycles. The number of anilines is 2. The van der Waals surface area contributed by atoms with Crippen molar-refractivity contribution in [1.82, 2.24) is 30.2 Å². The van der Waals surface area contributed by atoms with Gasteiger partial charge in [0.1, 0.15) is 10.9 Å². The largest absolute Gasteiger partial charge is 0.496 e. The molecule has 222 valence electrons. The molecular formula is C29H35ClN8O4. The van der Waals surface area contributed by atoms with E-state index in [1.54, 1.807) is 19.4 Å². The molecule has 3 aromatic heterocycles. The van der Waals surface area contributed by atoms with Gasteiger partial charge in [-0.3, -0.25) is 24.4 Å². The number of carbonyl (C=O) groups excluding carboxylic acids is 2. The van der Waals surface area contributed by atoms with Crippen molar-refractivity contribution in [2.24, 2.45) is 0 Å². The summed E-state index contributed by atoms with van der Waals surface area (Å²) in [7, 11) is 1.60. The van der Waals surface area contributed by atoms with E-state index in [2.05, 4.69) is 30.2 Å². The van der Waals surface area contributed by atoms with Gasteiger partial charge >= 0.3 is 0 Å². The summed E-state index contributed by atoms with van der Waals surface area (Å²) < 4.78 is 10.9. The average molecular weight is 595 g/mol. The van der Waals surface area contributed by atoms with Gasteiger partial charge in [0.2, 0.25) is 5.95 Å². The van der Waals surface area contributed by atoms with E-state index >= 15 is 0 Å². The highest BCUT2D eigenvalue weighted by atomic mass is 35.5. The molecule has 5 heterocycles. The van der Waals surface area contributed by atoms with Crippen LogP contribution in [0.2, 0.25) is 5.15 Å². The number of carbonyl (C=O) groups is 2. The van der Waals surface area contributed by atoms with Crippen molar-refractivity contribution in [2.45, 2.75) is 34.2 Å². The SMILES string of the molecule is COc1c(C)cnc(CN2C(=O)/C(=C/c3[nH]c(C)c(C(=O)NCCN4CCOCC4)c3C)c3c(Cl)nc(N)nc32)c1C. The number of aromatic nitrogens is 4. The van der Waals surface area contributed by atoms with Crippen LogP contribution in [-0.2, 0) is 16.1 Å². The summed E-state index contributed by atoms with van der Waals surface area (Å²) in [6, 6.07) is 0. The number of pyridine rings is 1. The monoisotopic (exact) mass is 594 g/mol. The van der Waals surface area contributed by atoms with Crippen LogP contribution >= 0.6 is 11.6 Å². The third-order valence-corrected chi connectivity index (χ3v) is 8.00. The number of hydrogen-bond acceptors (Lipinski definition) is 9. The van der Waals surface area contributed by atoms with Crippen LogP contribution in [0.15, 0.2) is 6.20 Å². The number of aryl methyl sites for hydroxylation is 2. The normalized spacial score (nSPS) is 16.3. The highest BCUT2D eigenvalue weighted by molar-refractivity contribution is 6.41. The predicted molar refractivity (Wildman–Crippen MR) is 161 cm³/mol. The van der Waals surface area contributed by atoms with E-state index < -0.39 is 0 Å². The Hall–Kier alpha value is -4.00. The lowest BCUT2D eigenvalue weighted by Crippen LogP contribution is -2.41. The lowest BCUT2D eigenvalue weighted by molar-refractivity contribution is -0.113. The van der Waals surface area contributed by atoms with Crippen LogP contribution in [0.3, 0.4) is 0 Å². The number of morpholine rings is 1. The van der Waals surface area contributed by atoms with Gasteiger partial charge in [-0.15, -0.1) is 0 Å². The molecule has 2 amide bonds. The second kappa shape index (κ2) is 12.1. The number of aromatic amines is 1. The number of halogens is 1. The molecule has 1 saturated heterocycles. The van der Waals surface area contributed by atoms with Crippen LogP contribution in [0.1, 0.15) is 49.7 Å². The fraction of sp³-hybridized carbons (Fsp3) is 0.414. The minimum Gasteiger partial charge on any atom is -0.496 e. The quantitative estimate of drug-likeness (QED) is 0.264. The molecular weight excluding hydrogens is 560 g/mol. The van der Waals surface area contributed by atoms with E-state index in [4.69, 9.17) is 26.8 Å². The second-order valence-electron chi connectivity index (χ2n) is 10.4. The van der Waals surface area contributed by atoms with Crippen LogP contribution < -0.4 is 20.7 Å². The number of nitrogen functional groups attached to an aromatic ring is 1. The Balaban J connectivity index is 1.45. The fourth-order valence-corrected chi connectivity index (χ4v) is 5.79. The first-order valence-corrected chi connectivity index (χ1v) is 14.1. The van der Waals surface area contributed by atoms with E-state index in [-0.39, 0.29) is 35.0 Å². The first kappa shape index (κ1) is 29.5. The van der Waals surface area contributed by atoms with Crippen LogP contribution in [-0.4, -0.2) is 83.2 Å². The number of nitrogens with one attached hydrogen (secondary N) is 2. The van der Waals surface area contributed by atoms with E-state index in [9.17, 15) is 9.59 Å². The van der Waals surface area contributed by atoms with Gasteiger partial charge in [0.05, 0.1) is 49.3 Å². The maximum Gasteiger partial charge on any atom is 0.260 e. The Kier molecular flexibility index (Phi) is 8.48. The molecule has 12 nitrogen and oxygen atoms in total. The molecule has 2 aliphatic rings. The average Bonchev–Trinajstić information content (AvgIpc) is 3.38. The molecule has 5 rings (SSSR count). The van der Waals surface area contributed by atoms with Crippen LogP contribution in [0.5, 0.6) is 5.75 Å². The zero-order chi connectivity index (χ0) is 30.1. The summed E-state index contributed by atoms with van der Waals surface area (Å²) in [5, 5.41) is 3.08. The molecule has 0 saturated carbocycles. The summed E-state index contributed by atoms with van der Waals surface area (Å²) in [6.45, 7) is 12.0. The number of H-pyrrole nitrogens is 1. The van der Waals surface area contributed by atoms with Crippen LogP contribution in [0.4, 0.5) is 11.8 Å². The van der Waals surface area contributed by atoms with Gasteiger partial charge in [0.25, 0.3) is 11.8 Å². The molecule has 0 unspecified atom stereocenters. The molecule has 42 heavy (non-hydrogen) atoms. The van der Waals surface area contributed by atoms with Gasteiger partial charge in [-0.1, -0.05) is 11.6 Å². The van der Waals surface area contributed by atoms with Crippen molar-refractivity contribution in [3.63, 3.8) is 0 Å². The molecule has 0 atom stereocenters. The summed E-state index contributed by atoms with van der Waals surface area (Å²) in [5.74, 6) is 0.438. The number of nitrogens with two attached hydrogens (primary N) is 1. The zero-order valence-corrected chi connectivity index (χ0v) is 25.2. The molecule has 0 bridgehead atoms. The van der Waals surface area contributed by atoms with Gasteiger partial charge in [0, 0.05) is 54.9 Å². The van der Waals surface area contributed by atoms with Crippen molar-refractivity contribution in [3.05, 3.63) is 56.2 Å². The van der Waals surface area contributed by atoms with Crippen LogP contribution in [0.25, 0.3) is 11.6 Å². The Bertz CT molecular complexity index is 1580. The Morgan fingerprint density at radius 1 is 1.21 bits per heavy atom. The highest BCUT2D eigenvalue weighted by Crippen LogP contribution is 2.42. The number of nitrogens with zero attached hydrogens (tertiary/aromatic N) is 5. The van der Waals surface area contributed by atoms with Crippen LogP contribution in [0, 0.1) is 27.7 Å². The zero-order valence-electron chi connectivity index (χ0n) is 24.4. The van der Waals surface area contributed by atoms with E-state index in [1.165, 1.54) is 4.90 Å². The van der Waals surface area contributed by atoms with Gasteiger partial charge < -0.3 is 25.5 Å². The first-order chi connectivity index (χ1) is 20.1. The minimum absolute atomic E-state index is 0.0492. The predicted octanol–water partition coefficient (Wildman–Crippen LogP) is 2.83. The number of rotatable bonds is 8. The molecule has 13 heteroatoms. The molecule has 0 radical (unpaired) electrons. The van der Waals surface area contributed by atoms with Crippen molar-refractivity contribution >= 4 is 46.8 Å². The van der Waals surface area contributed by atoms with Crippen molar-refractivity contribution < 1.29 is 19.1 Å². The molecule has 0 aromatic carbocycles. The van der Waals surface area contributed by atoms with E-state index in [1.807, 2.05) is 27.7 Å². The number of methoxy groups -OCH3 is 1. The third-order valence-electron chi connectivity index (χ3n) is 7.73. The second-order valence-corrected chi connectivity index (χ2v) is 10.8. The maximum absolute atomic E-state index is 13.9. The van der Waals surface area contributed by atoms with E-state index in [0.29, 0.717) is 65.1 Å². The summed E-state index contributed by atoms with van der Waals surface area (Å²) in [4.78, 5) is 47.1. The summed E-state index contributed by atoms with van der Waals surface area (Å²) in [5.41, 5.74) is 11.5. The molecule has 0 spiro atoms. The van der Waals surface area contributed by atoms with Gasteiger partial charge in [-0.05, 0) is 39.3 Å². The lowest BCUT2D eigenvalue weighted by Gasteiger charge is -2.26. The van der Waals surface area contributed by atoms with Crippen molar-refractivity contribution in [3.8, 4) is 5.75 Å². The first-order valence-electron chi connectivity index (χ1n) is 13.7. The van der Waals surface area contributed by atoms with Crippen molar-refractivity contribution in [1.29, 1.82) is 0 Å².